The molecule has 7 heteroatoms. The SMILES string of the molecule is CC(=O)Nn1c(O)c(/C=C2/C=Nc3ccccc32)sc1=S. The zero-order valence-electron chi connectivity index (χ0n) is 11.0. The van der Waals surface area contributed by atoms with Crippen molar-refractivity contribution in [1.82, 2.24) is 4.68 Å². The van der Waals surface area contributed by atoms with Crippen molar-refractivity contribution in [2.75, 3.05) is 5.43 Å². The molecule has 1 amide bonds. The Balaban J connectivity index is 2.04. The van der Waals surface area contributed by atoms with Gasteiger partial charge in [0.15, 0.2) is 3.95 Å². The van der Waals surface area contributed by atoms with E-state index in [1.165, 1.54) is 22.9 Å². The fourth-order valence-electron chi connectivity index (χ4n) is 2.03. The second kappa shape index (κ2) is 5.27. The third-order valence-corrected chi connectivity index (χ3v) is 4.24. The van der Waals surface area contributed by atoms with Crippen LogP contribution in [0.1, 0.15) is 17.4 Å². The van der Waals surface area contributed by atoms with Crippen molar-refractivity contribution in [2.45, 2.75) is 6.92 Å². The Morgan fingerprint density at radius 2 is 2.24 bits per heavy atom. The lowest BCUT2D eigenvalue weighted by atomic mass is 10.1. The van der Waals surface area contributed by atoms with E-state index in [0.29, 0.717) is 8.83 Å². The van der Waals surface area contributed by atoms with E-state index < -0.39 is 0 Å². The molecular weight excluding hydrogens is 306 g/mol. The number of carbonyl (C=O) groups is 1. The number of amides is 1. The minimum Gasteiger partial charge on any atom is -0.492 e. The first-order valence-corrected chi connectivity index (χ1v) is 7.36. The molecular formula is C14H11N3O2S2. The number of hydrogen-bond donors (Lipinski definition) is 2. The maximum absolute atomic E-state index is 11.1. The van der Waals surface area contributed by atoms with Gasteiger partial charge in [0.2, 0.25) is 11.8 Å². The first kappa shape index (κ1) is 13.7. The van der Waals surface area contributed by atoms with E-state index in [9.17, 15) is 9.90 Å². The van der Waals surface area contributed by atoms with Gasteiger partial charge in [-0.2, -0.15) is 4.68 Å². The van der Waals surface area contributed by atoms with Gasteiger partial charge in [-0.15, -0.1) is 0 Å². The molecule has 5 nitrogen and oxygen atoms in total. The molecule has 0 saturated carbocycles. The van der Waals surface area contributed by atoms with E-state index in [1.807, 2.05) is 30.3 Å². The Morgan fingerprint density at radius 3 is 3.00 bits per heavy atom. The molecule has 0 aliphatic carbocycles. The van der Waals surface area contributed by atoms with Gasteiger partial charge in [0.25, 0.3) is 0 Å². The summed E-state index contributed by atoms with van der Waals surface area (Å²) in [7, 11) is 0. The number of allylic oxidation sites excluding steroid dienone is 1. The Hall–Kier alpha value is -2.25. The maximum atomic E-state index is 11.1. The van der Waals surface area contributed by atoms with E-state index >= 15 is 0 Å². The monoisotopic (exact) mass is 317 g/mol. The van der Waals surface area contributed by atoms with Gasteiger partial charge < -0.3 is 5.11 Å². The van der Waals surface area contributed by atoms with Crippen LogP contribution in [0.5, 0.6) is 5.88 Å². The number of carbonyl (C=O) groups excluding carboxylic acids is 1. The summed E-state index contributed by atoms with van der Waals surface area (Å²) < 4.78 is 1.57. The standard InChI is InChI=1S/C14H11N3O2S2/c1-8(18)16-17-13(19)12(21-14(17)20)6-9-7-15-11-5-3-2-4-10(9)11/h2-7,19H,1H3,(H,16,18)/b9-6-. The van der Waals surface area contributed by atoms with Gasteiger partial charge in [-0.3, -0.25) is 15.2 Å². The van der Waals surface area contributed by atoms with E-state index in [-0.39, 0.29) is 11.8 Å². The van der Waals surface area contributed by atoms with E-state index in [1.54, 1.807) is 6.21 Å². The van der Waals surface area contributed by atoms with Crippen LogP contribution in [-0.4, -0.2) is 21.9 Å². The highest BCUT2D eigenvalue weighted by molar-refractivity contribution is 7.73. The van der Waals surface area contributed by atoms with Crippen molar-refractivity contribution in [3.8, 4) is 5.88 Å². The molecule has 1 aliphatic rings. The van der Waals surface area contributed by atoms with E-state index in [0.717, 1.165) is 16.8 Å². The number of para-hydroxylation sites is 1. The van der Waals surface area contributed by atoms with Crippen molar-refractivity contribution in [1.29, 1.82) is 0 Å². The van der Waals surface area contributed by atoms with Gasteiger partial charge in [-0.25, -0.2) is 0 Å². The van der Waals surface area contributed by atoms with Gasteiger partial charge in [0.05, 0.1) is 10.6 Å². The molecule has 2 N–H and O–H groups in total. The summed E-state index contributed by atoms with van der Waals surface area (Å²) >= 11 is 6.36. The lowest BCUT2D eigenvalue weighted by Crippen LogP contribution is -2.18. The Bertz CT molecular complexity index is 846. The number of aromatic hydroxyl groups is 1. The second-order valence-electron chi connectivity index (χ2n) is 4.43. The first-order chi connectivity index (χ1) is 10.1. The highest BCUT2D eigenvalue weighted by Gasteiger charge is 2.15. The van der Waals surface area contributed by atoms with Crippen LogP contribution in [0, 0.1) is 3.95 Å². The summed E-state index contributed by atoms with van der Waals surface area (Å²) in [6.45, 7) is 1.36. The van der Waals surface area contributed by atoms with Crippen LogP contribution in [0.3, 0.4) is 0 Å². The normalized spacial score (nSPS) is 14.4. The minimum atomic E-state index is -0.300. The molecule has 2 aromatic rings. The van der Waals surface area contributed by atoms with Crippen LogP contribution in [-0.2, 0) is 4.79 Å². The smallest absolute Gasteiger partial charge is 0.235 e. The average Bonchev–Trinajstić information content (AvgIpc) is 2.96. The Morgan fingerprint density at radius 1 is 1.48 bits per heavy atom. The van der Waals surface area contributed by atoms with Gasteiger partial charge in [0, 0.05) is 24.3 Å². The molecule has 106 valence electrons. The number of aromatic nitrogens is 1. The summed E-state index contributed by atoms with van der Waals surface area (Å²) in [4.78, 5) is 16.0. The summed E-state index contributed by atoms with van der Waals surface area (Å²) in [5.74, 6) is -0.378. The number of hydrogen-bond acceptors (Lipinski definition) is 5. The van der Waals surface area contributed by atoms with Crippen LogP contribution >= 0.6 is 23.6 Å². The zero-order chi connectivity index (χ0) is 15.0. The van der Waals surface area contributed by atoms with E-state index in [4.69, 9.17) is 12.2 Å². The van der Waals surface area contributed by atoms with Crippen LogP contribution in [0.2, 0.25) is 0 Å². The largest absolute Gasteiger partial charge is 0.492 e. The average molecular weight is 317 g/mol. The lowest BCUT2D eigenvalue weighted by Gasteiger charge is -2.03. The summed E-state index contributed by atoms with van der Waals surface area (Å²) in [6.07, 6.45) is 3.55. The number of rotatable bonds is 2. The predicted molar refractivity (Wildman–Crippen MR) is 87.3 cm³/mol. The molecule has 0 saturated heterocycles. The van der Waals surface area contributed by atoms with Crippen molar-refractivity contribution >= 4 is 53.0 Å². The van der Waals surface area contributed by atoms with Crippen molar-refractivity contribution < 1.29 is 9.90 Å². The summed E-state index contributed by atoms with van der Waals surface area (Å²) in [6, 6.07) is 7.76. The topological polar surface area (TPSA) is 66.6 Å². The molecule has 0 fully saturated rings. The third-order valence-electron chi connectivity index (χ3n) is 2.93. The molecule has 1 aromatic heterocycles. The van der Waals surface area contributed by atoms with Crippen molar-refractivity contribution in [3.63, 3.8) is 0 Å². The molecule has 3 rings (SSSR count). The Kier molecular flexibility index (Phi) is 3.44. The number of fused-ring (bicyclic) bond motifs is 1. The number of thiazole rings is 1. The fraction of sp³-hybridized carbons (Fsp3) is 0.0714. The fourth-order valence-corrected chi connectivity index (χ4v) is 3.21. The zero-order valence-corrected chi connectivity index (χ0v) is 12.7. The van der Waals surface area contributed by atoms with Crippen LogP contribution in [0.15, 0.2) is 29.3 Å². The molecule has 0 atom stereocenters. The number of nitrogens with one attached hydrogen (secondary N) is 1. The summed E-state index contributed by atoms with van der Waals surface area (Å²) in [5, 5.41) is 10.2. The molecule has 1 aliphatic heterocycles. The molecule has 0 unspecified atom stereocenters. The number of benzene rings is 1. The van der Waals surface area contributed by atoms with Gasteiger partial charge >= 0.3 is 0 Å². The van der Waals surface area contributed by atoms with Crippen molar-refractivity contribution in [3.05, 3.63) is 38.7 Å². The van der Waals surface area contributed by atoms with Gasteiger partial charge in [-0.1, -0.05) is 29.5 Å². The van der Waals surface area contributed by atoms with Crippen molar-refractivity contribution in [2.24, 2.45) is 4.99 Å². The maximum Gasteiger partial charge on any atom is 0.235 e. The minimum absolute atomic E-state index is 0.0783. The predicted octanol–water partition coefficient (Wildman–Crippen LogP) is 3.33. The highest BCUT2D eigenvalue weighted by atomic mass is 32.1. The van der Waals surface area contributed by atoms with Gasteiger partial charge in [-0.05, 0) is 24.4 Å². The first-order valence-electron chi connectivity index (χ1n) is 6.14. The van der Waals surface area contributed by atoms with E-state index in [2.05, 4.69) is 10.4 Å². The molecule has 0 spiro atoms. The molecule has 0 bridgehead atoms. The van der Waals surface area contributed by atoms with Crippen LogP contribution in [0.4, 0.5) is 5.69 Å². The van der Waals surface area contributed by atoms with Gasteiger partial charge in [0.1, 0.15) is 0 Å². The number of aliphatic imine (C=N–C) groups is 1. The summed E-state index contributed by atoms with van der Waals surface area (Å²) in [5.41, 5.74) is 5.27. The van der Waals surface area contributed by atoms with Crippen LogP contribution in [0.25, 0.3) is 11.6 Å². The third kappa shape index (κ3) is 2.53. The highest BCUT2D eigenvalue weighted by Crippen LogP contribution is 2.35. The second-order valence-corrected chi connectivity index (χ2v) is 6.11. The molecule has 1 aromatic carbocycles. The van der Waals surface area contributed by atoms with Crippen LogP contribution < -0.4 is 5.43 Å². The molecule has 2 heterocycles. The molecule has 0 radical (unpaired) electrons. The molecule has 21 heavy (non-hydrogen) atoms. The Labute approximate surface area is 129 Å². The quantitative estimate of drug-likeness (QED) is 0.835. The lowest BCUT2D eigenvalue weighted by molar-refractivity contribution is -0.115. The number of nitrogens with zero attached hydrogens (tertiary/aromatic N) is 2.